The fourth-order valence-electron chi connectivity index (χ4n) is 4.38. The highest BCUT2D eigenvalue weighted by Crippen LogP contribution is 2.35. The molecule has 0 fully saturated rings. The molecule has 164 valence electrons. The number of imidazole rings is 1. The summed E-state index contributed by atoms with van der Waals surface area (Å²) in [7, 11) is 1.65. The van der Waals surface area contributed by atoms with Gasteiger partial charge < -0.3 is 14.6 Å². The molecule has 1 unspecified atom stereocenters. The first-order valence-electron chi connectivity index (χ1n) is 10.7. The molecular formula is C24H25FN6O. The average molecular weight is 433 g/mol. The van der Waals surface area contributed by atoms with E-state index < -0.39 is 0 Å². The second-order valence-corrected chi connectivity index (χ2v) is 8.15. The minimum Gasteiger partial charge on any atom is -0.494 e. The van der Waals surface area contributed by atoms with Crippen molar-refractivity contribution in [2.24, 2.45) is 0 Å². The summed E-state index contributed by atoms with van der Waals surface area (Å²) < 4.78 is 23.1. The number of ether oxygens (including phenoxy) is 1. The molecule has 0 amide bonds. The number of rotatable bonds is 5. The van der Waals surface area contributed by atoms with Crippen LogP contribution in [-0.4, -0.2) is 31.4 Å². The third kappa shape index (κ3) is 3.72. The number of methoxy groups -OCH3 is 1. The van der Waals surface area contributed by atoms with Gasteiger partial charge in [0.05, 0.1) is 24.8 Å². The number of aryl methyl sites for hydroxylation is 3. The Morgan fingerprint density at radius 2 is 2.03 bits per heavy atom. The highest BCUT2D eigenvalue weighted by atomic mass is 19.1. The zero-order chi connectivity index (χ0) is 22.2. The van der Waals surface area contributed by atoms with E-state index in [1.807, 2.05) is 53.6 Å². The predicted molar refractivity (Wildman–Crippen MR) is 120 cm³/mol. The molecule has 4 aromatic rings. The molecule has 1 N–H and O–H groups in total. The van der Waals surface area contributed by atoms with Gasteiger partial charge in [-0.05, 0) is 62.1 Å². The van der Waals surface area contributed by atoms with Gasteiger partial charge in [-0.15, -0.1) is 5.10 Å². The fraction of sp³-hybridized carbons (Fsp3) is 0.292. The first kappa shape index (κ1) is 20.2. The fourth-order valence-corrected chi connectivity index (χ4v) is 4.38. The molecule has 2 aromatic heterocycles. The van der Waals surface area contributed by atoms with Gasteiger partial charge in [0.1, 0.15) is 17.4 Å². The third-order valence-electron chi connectivity index (χ3n) is 5.91. The van der Waals surface area contributed by atoms with Crippen LogP contribution in [0, 0.1) is 19.7 Å². The summed E-state index contributed by atoms with van der Waals surface area (Å²) in [4.78, 5) is 9.08. The first-order valence-corrected chi connectivity index (χ1v) is 10.7. The summed E-state index contributed by atoms with van der Waals surface area (Å²) in [5, 5.41) is 7.98. The molecule has 5 rings (SSSR count). The van der Waals surface area contributed by atoms with Gasteiger partial charge in [-0.25, -0.2) is 14.1 Å². The van der Waals surface area contributed by atoms with Crippen LogP contribution in [0.3, 0.4) is 0 Å². The first-order chi connectivity index (χ1) is 15.5. The normalized spacial score (nSPS) is 15.4. The van der Waals surface area contributed by atoms with Crippen molar-refractivity contribution in [3.8, 4) is 11.4 Å². The molecule has 0 aliphatic carbocycles. The largest absolute Gasteiger partial charge is 0.494 e. The molecule has 1 aliphatic rings. The molecule has 7 nitrogen and oxygen atoms in total. The van der Waals surface area contributed by atoms with Crippen molar-refractivity contribution in [2.45, 2.75) is 39.2 Å². The van der Waals surface area contributed by atoms with Crippen molar-refractivity contribution >= 4 is 11.6 Å². The predicted octanol–water partition coefficient (Wildman–Crippen LogP) is 4.90. The Morgan fingerprint density at radius 1 is 1.16 bits per heavy atom. The van der Waals surface area contributed by atoms with Crippen LogP contribution in [0.15, 0.2) is 48.9 Å². The average Bonchev–Trinajstić information content (AvgIpc) is 3.39. The second kappa shape index (κ2) is 8.11. The van der Waals surface area contributed by atoms with Gasteiger partial charge in [0.15, 0.2) is 0 Å². The van der Waals surface area contributed by atoms with E-state index >= 15 is 0 Å². The topological polar surface area (TPSA) is 69.8 Å². The van der Waals surface area contributed by atoms with Crippen LogP contribution in [0.2, 0.25) is 0 Å². The van der Waals surface area contributed by atoms with Crippen LogP contribution in [0.1, 0.15) is 41.4 Å². The maximum Gasteiger partial charge on any atom is 0.246 e. The van der Waals surface area contributed by atoms with E-state index in [-0.39, 0.29) is 11.7 Å². The molecule has 0 spiro atoms. The van der Waals surface area contributed by atoms with E-state index in [0.717, 1.165) is 59.2 Å². The number of aromatic nitrogens is 5. The third-order valence-corrected chi connectivity index (χ3v) is 5.91. The van der Waals surface area contributed by atoms with Gasteiger partial charge in [0.25, 0.3) is 0 Å². The Hall–Kier alpha value is -3.68. The molecular weight excluding hydrogens is 407 g/mol. The van der Waals surface area contributed by atoms with Crippen molar-refractivity contribution in [1.29, 1.82) is 0 Å². The summed E-state index contributed by atoms with van der Waals surface area (Å²) in [6.45, 7) is 4.72. The van der Waals surface area contributed by atoms with Gasteiger partial charge in [-0.2, -0.15) is 4.98 Å². The van der Waals surface area contributed by atoms with E-state index in [2.05, 4.69) is 15.4 Å². The van der Waals surface area contributed by atoms with E-state index in [9.17, 15) is 4.39 Å². The van der Waals surface area contributed by atoms with E-state index in [0.29, 0.717) is 5.95 Å². The lowest BCUT2D eigenvalue weighted by Crippen LogP contribution is -2.18. The van der Waals surface area contributed by atoms with Gasteiger partial charge in [-0.3, -0.25) is 0 Å². The van der Waals surface area contributed by atoms with Crippen LogP contribution in [-0.2, 0) is 6.54 Å². The Balaban J connectivity index is 1.43. The lowest BCUT2D eigenvalue weighted by Gasteiger charge is -2.23. The van der Waals surface area contributed by atoms with Crippen LogP contribution < -0.4 is 10.1 Å². The Labute approximate surface area is 185 Å². The SMILES string of the molecule is COc1cc(Nc2nc3n(n2)CCCC3c2ccc(F)cc2C)ccc1-n1cnc(C)c1. The molecule has 8 heteroatoms. The Bertz CT molecular complexity index is 1280. The van der Waals surface area contributed by atoms with Crippen LogP contribution in [0.25, 0.3) is 5.69 Å². The lowest BCUT2D eigenvalue weighted by molar-refractivity contribution is 0.413. The Morgan fingerprint density at radius 3 is 2.78 bits per heavy atom. The van der Waals surface area contributed by atoms with Crippen molar-refractivity contribution in [3.05, 3.63) is 77.4 Å². The van der Waals surface area contributed by atoms with Crippen LogP contribution in [0.4, 0.5) is 16.0 Å². The number of hydrogen-bond acceptors (Lipinski definition) is 5. The van der Waals surface area contributed by atoms with Gasteiger partial charge in [-0.1, -0.05) is 6.07 Å². The van der Waals surface area contributed by atoms with Gasteiger partial charge >= 0.3 is 0 Å². The molecule has 2 aromatic carbocycles. The number of nitrogens with one attached hydrogen (secondary N) is 1. The number of halogens is 1. The smallest absolute Gasteiger partial charge is 0.246 e. The number of fused-ring (bicyclic) bond motifs is 1. The van der Waals surface area contributed by atoms with Crippen molar-refractivity contribution in [3.63, 3.8) is 0 Å². The summed E-state index contributed by atoms with van der Waals surface area (Å²) in [5.74, 6) is 2.06. The summed E-state index contributed by atoms with van der Waals surface area (Å²) in [6.07, 6.45) is 5.69. The highest BCUT2D eigenvalue weighted by Gasteiger charge is 2.27. The molecule has 32 heavy (non-hydrogen) atoms. The van der Waals surface area contributed by atoms with Crippen molar-refractivity contribution in [2.75, 3.05) is 12.4 Å². The zero-order valence-corrected chi connectivity index (χ0v) is 18.3. The molecule has 0 saturated carbocycles. The lowest BCUT2D eigenvalue weighted by atomic mass is 9.88. The van der Waals surface area contributed by atoms with Crippen molar-refractivity contribution < 1.29 is 9.13 Å². The number of benzene rings is 2. The molecule has 0 bridgehead atoms. The maximum atomic E-state index is 13.6. The van der Waals surface area contributed by atoms with E-state index in [1.54, 1.807) is 19.5 Å². The van der Waals surface area contributed by atoms with E-state index in [1.165, 1.54) is 6.07 Å². The number of nitrogens with zero attached hydrogens (tertiary/aromatic N) is 5. The Kier molecular flexibility index (Phi) is 5.13. The van der Waals surface area contributed by atoms with Crippen LogP contribution >= 0.6 is 0 Å². The standard InChI is InChI=1S/C24H25FN6O/c1-15-11-17(25)6-8-19(15)20-5-4-10-31-23(20)28-24(29-31)27-18-7-9-21(22(12-18)32-3)30-13-16(2)26-14-30/h6-9,11-14,20H,4-5,10H2,1-3H3,(H,27,29). The molecule has 1 atom stereocenters. The summed E-state index contributed by atoms with van der Waals surface area (Å²) in [5.41, 5.74) is 4.72. The molecule has 0 radical (unpaired) electrons. The second-order valence-electron chi connectivity index (χ2n) is 8.15. The van der Waals surface area contributed by atoms with E-state index in [4.69, 9.17) is 9.72 Å². The summed E-state index contributed by atoms with van der Waals surface area (Å²) in [6, 6.07) is 10.8. The zero-order valence-electron chi connectivity index (χ0n) is 18.3. The van der Waals surface area contributed by atoms with Crippen LogP contribution in [0.5, 0.6) is 5.75 Å². The monoisotopic (exact) mass is 432 g/mol. The molecule has 0 saturated heterocycles. The molecule has 1 aliphatic heterocycles. The number of hydrogen-bond donors (Lipinski definition) is 1. The number of anilines is 2. The molecule has 3 heterocycles. The minimum atomic E-state index is -0.214. The van der Waals surface area contributed by atoms with Gasteiger partial charge in [0, 0.05) is 30.4 Å². The quantitative estimate of drug-likeness (QED) is 0.486. The van der Waals surface area contributed by atoms with Crippen molar-refractivity contribution in [1.82, 2.24) is 24.3 Å². The van der Waals surface area contributed by atoms with Gasteiger partial charge in [0.2, 0.25) is 5.95 Å². The minimum absolute atomic E-state index is 0.105. The summed E-state index contributed by atoms with van der Waals surface area (Å²) >= 11 is 0. The highest BCUT2D eigenvalue weighted by molar-refractivity contribution is 5.62. The maximum absolute atomic E-state index is 13.6.